The van der Waals surface area contributed by atoms with E-state index in [9.17, 15) is 0 Å². The first-order valence-corrected chi connectivity index (χ1v) is 10.8. The molecule has 0 spiro atoms. The Hall–Kier alpha value is -3.21. The van der Waals surface area contributed by atoms with Crippen LogP contribution >= 0.6 is 0 Å². The van der Waals surface area contributed by atoms with E-state index in [0.29, 0.717) is 5.95 Å². The molecule has 5 nitrogen and oxygen atoms in total. The Balaban J connectivity index is 0.000000757. The molecular weight excluding hydrogens is 370 g/mol. The van der Waals surface area contributed by atoms with Gasteiger partial charge in [-0.3, -0.25) is 4.40 Å². The second-order valence-corrected chi connectivity index (χ2v) is 6.31. The van der Waals surface area contributed by atoms with Gasteiger partial charge in [0.25, 0.3) is 0 Å². The Bertz CT molecular complexity index is 1060. The first-order valence-electron chi connectivity index (χ1n) is 10.8. The van der Waals surface area contributed by atoms with Crippen molar-refractivity contribution in [1.82, 2.24) is 19.4 Å². The molecule has 5 heteroatoms. The molecule has 4 aromatic rings. The van der Waals surface area contributed by atoms with Crippen LogP contribution in [0.4, 0.5) is 5.95 Å². The summed E-state index contributed by atoms with van der Waals surface area (Å²) < 4.78 is 2.11. The maximum atomic E-state index is 4.94. The predicted molar refractivity (Wildman–Crippen MR) is 128 cm³/mol. The van der Waals surface area contributed by atoms with Crippen molar-refractivity contribution in [3.05, 3.63) is 66.0 Å². The average molecular weight is 404 g/mol. The summed E-state index contributed by atoms with van der Waals surface area (Å²) in [5, 5.41) is 3.01. The van der Waals surface area contributed by atoms with Gasteiger partial charge in [-0.2, -0.15) is 0 Å². The Morgan fingerprint density at radius 2 is 1.63 bits per heavy atom. The summed E-state index contributed by atoms with van der Waals surface area (Å²) in [5.41, 5.74) is 7.26. The van der Waals surface area contributed by atoms with E-state index in [1.54, 1.807) is 6.20 Å². The van der Waals surface area contributed by atoms with Crippen molar-refractivity contribution < 1.29 is 0 Å². The van der Waals surface area contributed by atoms with Crippen molar-refractivity contribution in [2.75, 3.05) is 12.4 Å². The number of nitrogens with zero attached hydrogens (tertiary/aromatic N) is 4. The number of hydrogen-bond donors (Lipinski definition) is 1. The monoisotopic (exact) mass is 403 g/mol. The van der Waals surface area contributed by atoms with Crippen LogP contribution in [-0.4, -0.2) is 26.4 Å². The summed E-state index contributed by atoms with van der Waals surface area (Å²) >= 11 is 0. The number of hydrogen-bond acceptors (Lipinski definition) is 4. The molecule has 4 rings (SSSR count). The van der Waals surface area contributed by atoms with Crippen molar-refractivity contribution in [3.63, 3.8) is 0 Å². The van der Waals surface area contributed by atoms with Crippen molar-refractivity contribution in [3.8, 4) is 22.6 Å². The van der Waals surface area contributed by atoms with Gasteiger partial charge in [-0.25, -0.2) is 15.0 Å². The van der Waals surface area contributed by atoms with Crippen LogP contribution in [0.2, 0.25) is 0 Å². The molecular formula is C25H33N5. The molecule has 158 valence electrons. The van der Waals surface area contributed by atoms with Crippen LogP contribution in [0, 0.1) is 6.92 Å². The fraction of sp³-hybridized carbons (Fsp3) is 0.320. The number of aryl methyl sites for hydroxylation is 2. The van der Waals surface area contributed by atoms with Crippen LogP contribution in [0.5, 0.6) is 0 Å². The molecule has 0 unspecified atom stereocenters. The minimum Gasteiger partial charge on any atom is -0.357 e. The number of aromatic nitrogens is 4. The number of pyridine rings is 1. The zero-order valence-corrected chi connectivity index (χ0v) is 19.2. The summed E-state index contributed by atoms with van der Waals surface area (Å²) in [4.78, 5) is 13.8. The fourth-order valence-corrected chi connectivity index (χ4v) is 3.08. The van der Waals surface area contributed by atoms with Crippen molar-refractivity contribution in [2.24, 2.45) is 0 Å². The number of anilines is 1. The molecule has 0 atom stereocenters. The summed E-state index contributed by atoms with van der Waals surface area (Å²) in [5.74, 6) is 0.595. The zero-order valence-electron chi connectivity index (χ0n) is 19.2. The quantitative estimate of drug-likeness (QED) is 0.427. The largest absolute Gasteiger partial charge is 0.357 e. The van der Waals surface area contributed by atoms with Gasteiger partial charge in [0, 0.05) is 25.0 Å². The minimum atomic E-state index is 0.595. The van der Waals surface area contributed by atoms with Gasteiger partial charge in [0.1, 0.15) is 5.65 Å². The molecule has 0 aliphatic rings. The van der Waals surface area contributed by atoms with Crippen LogP contribution in [0.3, 0.4) is 0 Å². The van der Waals surface area contributed by atoms with Crippen molar-refractivity contribution in [1.29, 1.82) is 0 Å². The van der Waals surface area contributed by atoms with Gasteiger partial charge in [-0.05, 0) is 37.1 Å². The molecule has 0 amide bonds. The smallest absolute Gasteiger partial charge is 0.222 e. The Kier molecular flexibility index (Phi) is 8.54. The van der Waals surface area contributed by atoms with Crippen LogP contribution in [-0.2, 0) is 6.42 Å². The normalized spacial score (nSPS) is 9.97. The Morgan fingerprint density at radius 1 is 0.933 bits per heavy atom. The van der Waals surface area contributed by atoms with Gasteiger partial charge >= 0.3 is 0 Å². The first-order chi connectivity index (χ1) is 14.7. The maximum Gasteiger partial charge on any atom is 0.222 e. The molecule has 0 fully saturated rings. The number of fused-ring (bicyclic) bond motifs is 1. The lowest BCUT2D eigenvalue weighted by Gasteiger charge is -2.07. The number of rotatable bonds is 4. The number of nitrogens with one attached hydrogen (secondary N) is 1. The summed E-state index contributed by atoms with van der Waals surface area (Å²) in [6.45, 7) is 12.2. The van der Waals surface area contributed by atoms with Crippen LogP contribution < -0.4 is 5.32 Å². The van der Waals surface area contributed by atoms with Gasteiger partial charge in [0.2, 0.25) is 5.95 Å². The molecule has 0 saturated heterocycles. The molecule has 1 aromatic carbocycles. The Morgan fingerprint density at radius 3 is 2.27 bits per heavy atom. The zero-order chi connectivity index (χ0) is 22.1. The van der Waals surface area contributed by atoms with Gasteiger partial charge in [0.15, 0.2) is 0 Å². The van der Waals surface area contributed by atoms with E-state index in [4.69, 9.17) is 4.98 Å². The lowest BCUT2D eigenvalue weighted by atomic mass is 10.1. The SMILES string of the molecule is CC.CC.CCc1ccn2c(-c3ccnc(NC)n3)c(-c3ccc(C)cc3)nc2c1. The number of benzene rings is 1. The van der Waals surface area contributed by atoms with Gasteiger partial charge < -0.3 is 5.32 Å². The average Bonchev–Trinajstić information content (AvgIpc) is 3.20. The molecule has 0 bridgehead atoms. The summed E-state index contributed by atoms with van der Waals surface area (Å²) in [7, 11) is 1.82. The summed E-state index contributed by atoms with van der Waals surface area (Å²) in [6, 6.07) is 14.6. The van der Waals surface area contributed by atoms with E-state index in [1.807, 2.05) is 40.8 Å². The third kappa shape index (κ3) is 4.85. The second-order valence-electron chi connectivity index (χ2n) is 6.31. The Labute approximate surface area is 180 Å². The predicted octanol–water partition coefficient (Wildman–Crippen LogP) is 6.42. The van der Waals surface area contributed by atoms with E-state index >= 15 is 0 Å². The number of imidazole rings is 1. The van der Waals surface area contributed by atoms with E-state index in [1.165, 1.54) is 11.1 Å². The topological polar surface area (TPSA) is 55.1 Å². The first kappa shape index (κ1) is 23.1. The van der Waals surface area contributed by atoms with Gasteiger partial charge in [0.05, 0.1) is 17.1 Å². The van der Waals surface area contributed by atoms with E-state index in [-0.39, 0.29) is 0 Å². The minimum absolute atomic E-state index is 0.595. The van der Waals surface area contributed by atoms with Gasteiger partial charge in [-0.1, -0.05) is 64.4 Å². The van der Waals surface area contributed by atoms with Crippen LogP contribution in [0.25, 0.3) is 28.3 Å². The van der Waals surface area contributed by atoms with Gasteiger partial charge in [-0.15, -0.1) is 0 Å². The standard InChI is InChI=1S/C21H21N5.2C2H6/c1-4-15-10-12-26-18(13-15)25-19(16-7-5-14(2)6-8-16)20(26)17-9-11-23-21(22-3)24-17;2*1-2/h5-13H,4H2,1-3H3,(H,22,23,24);2*1-2H3. The molecule has 0 radical (unpaired) electrons. The molecule has 0 aliphatic heterocycles. The third-order valence-electron chi connectivity index (χ3n) is 4.55. The fourth-order valence-electron chi connectivity index (χ4n) is 3.08. The summed E-state index contributed by atoms with van der Waals surface area (Å²) in [6.07, 6.45) is 4.83. The molecule has 3 heterocycles. The molecule has 0 saturated carbocycles. The molecule has 30 heavy (non-hydrogen) atoms. The second kappa shape index (κ2) is 11.1. The molecule has 1 N–H and O–H groups in total. The lowest BCUT2D eigenvalue weighted by molar-refractivity contribution is 1.09. The maximum absolute atomic E-state index is 4.94. The molecule has 0 aliphatic carbocycles. The third-order valence-corrected chi connectivity index (χ3v) is 4.55. The van der Waals surface area contributed by atoms with Crippen molar-refractivity contribution >= 4 is 11.6 Å². The van der Waals surface area contributed by atoms with Crippen LogP contribution in [0.1, 0.15) is 45.7 Å². The highest BCUT2D eigenvalue weighted by molar-refractivity contribution is 5.80. The highest BCUT2D eigenvalue weighted by Gasteiger charge is 2.17. The van der Waals surface area contributed by atoms with E-state index in [2.05, 4.69) is 76.1 Å². The lowest BCUT2D eigenvalue weighted by Crippen LogP contribution is -1.99. The van der Waals surface area contributed by atoms with E-state index in [0.717, 1.165) is 34.7 Å². The van der Waals surface area contributed by atoms with E-state index < -0.39 is 0 Å². The van der Waals surface area contributed by atoms with Crippen LogP contribution in [0.15, 0.2) is 54.9 Å². The molecule has 3 aromatic heterocycles. The highest BCUT2D eigenvalue weighted by atomic mass is 15.1. The van der Waals surface area contributed by atoms with Crippen molar-refractivity contribution in [2.45, 2.75) is 48.0 Å². The highest BCUT2D eigenvalue weighted by Crippen LogP contribution is 2.32.